The molecule has 35 heavy (non-hydrogen) atoms. The van der Waals surface area contributed by atoms with E-state index in [-0.39, 0.29) is 3.17 Å². The van der Waals surface area contributed by atoms with Crippen LogP contribution in [0.4, 0.5) is 0 Å². The second-order valence-corrected chi connectivity index (χ2v) is 19.5. The van der Waals surface area contributed by atoms with Crippen LogP contribution in [0.25, 0.3) is 6.08 Å². The molecular formula is C34H42Hf. The van der Waals surface area contributed by atoms with Crippen molar-refractivity contribution in [2.45, 2.75) is 93.3 Å². The van der Waals surface area contributed by atoms with Crippen LogP contribution >= 0.6 is 0 Å². The van der Waals surface area contributed by atoms with Gasteiger partial charge >= 0.3 is 226 Å². The van der Waals surface area contributed by atoms with Crippen molar-refractivity contribution >= 4 is 6.08 Å². The van der Waals surface area contributed by atoms with Crippen LogP contribution in [-0.2, 0) is 45.3 Å². The number of fused-ring (bicyclic) bond motifs is 2. The van der Waals surface area contributed by atoms with E-state index in [9.17, 15) is 0 Å². The zero-order valence-electron chi connectivity index (χ0n) is 22.9. The monoisotopic (exact) mass is 630 g/mol. The molecule has 0 saturated carbocycles. The molecule has 0 aromatic heterocycles. The molecule has 182 valence electrons. The molecule has 0 aliphatic heterocycles. The van der Waals surface area contributed by atoms with Crippen LogP contribution in [0.2, 0.25) is 3.17 Å². The minimum absolute atomic E-state index is 0.270. The summed E-state index contributed by atoms with van der Waals surface area (Å²) in [5.41, 5.74) is 14.9. The van der Waals surface area contributed by atoms with E-state index in [1.165, 1.54) is 49.7 Å². The first-order valence-electron chi connectivity index (χ1n) is 13.7. The molecule has 3 aliphatic carbocycles. The van der Waals surface area contributed by atoms with Crippen LogP contribution in [0.3, 0.4) is 0 Å². The first-order valence-corrected chi connectivity index (χ1v) is 17.3. The van der Waals surface area contributed by atoms with Crippen LogP contribution in [0, 0.1) is 5.41 Å². The van der Waals surface area contributed by atoms with Gasteiger partial charge in [-0.25, -0.2) is 0 Å². The Morgan fingerprint density at radius 2 is 1.43 bits per heavy atom. The fraction of sp³-hybridized carbons (Fsp3) is 0.471. The molecule has 1 atom stereocenters. The van der Waals surface area contributed by atoms with Crippen LogP contribution in [0.15, 0.2) is 70.8 Å². The Hall–Kier alpha value is -1.47. The van der Waals surface area contributed by atoms with Gasteiger partial charge in [0, 0.05) is 0 Å². The first-order chi connectivity index (χ1) is 16.7. The Labute approximate surface area is 225 Å². The first kappa shape index (κ1) is 25.2. The fourth-order valence-corrected chi connectivity index (χ4v) is 15.8. The SMILES string of the molecule is CCC1(CC)Cc2cc3c(cc2C1)[C](CCc1ccccc1)([Hf][C]1(C)C(C)=C(C)C(C)=C1C)C=C3. The summed E-state index contributed by atoms with van der Waals surface area (Å²) in [5, 5.41) is 0. The van der Waals surface area contributed by atoms with Gasteiger partial charge in [-0.1, -0.05) is 0 Å². The van der Waals surface area contributed by atoms with Crippen molar-refractivity contribution in [2.75, 3.05) is 0 Å². The molecule has 1 unspecified atom stereocenters. The molecular weight excluding hydrogens is 587 g/mol. The van der Waals surface area contributed by atoms with Crippen LogP contribution in [-0.4, -0.2) is 0 Å². The molecule has 0 amide bonds. The van der Waals surface area contributed by atoms with Crippen molar-refractivity contribution in [1.29, 1.82) is 0 Å². The van der Waals surface area contributed by atoms with Crippen molar-refractivity contribution < 1.29 is 22.9 Å². The summed E-state index contributed by atoms with van der Waals surface area (Å²) in [7, 11) is 0. The number of aryl methyl sites for hydroxylation is 1. The van der Waals surface area contributed by atoms with Crippen LogP contribution < -0.4 is 0 Å². The van der Waals surface area contributed by atoms with Gasteiger partial charge in [-0.05, 0) is 0 Å². The average molecular weight is 629 g/mol. The summed E-state index contributed by atoms with van der Waals surface area (Å²) in [6, 6.07) is 16.5. The van der Waals surface area contributed by atoms with E-state index >= 15 is 0 Å². The third-order valence-corrected chi connectivity index (χ3v) is 18.9. The van der Waals surface area contributed by atoms with Gasteiger partial charge in [-0.2, -0.15) is 0 Å². The number of allylic oxidation sites excluding steroid dienone is 5. The fourth-order valence-electron chi connectivity index (χ4n) is 7.11. The van der Waals surface area contributed by atoms with Gasteiger partial charge in [0.05, 0.1) is 0 Å². The number of benzene rings is 2. The Morgan fingerprint density at radius 1 is 0.829 bits per heavy atom. The van der Waals surface area contributed by atoms with Crippen LogP contribution in [0.1, 0.15) is 95.5 Å². The third kappa shape index (κ3) is 4.05. The summed E-state index contributed by atoms with van der Waals surface area (Å²) in [4.78, 5) is 0. The van der Waals surface area contributed by atoms with E-state index in [4.69, 9.17) is 0 Å². The van der Waals surface area contributed by atoms with E-state index in [0.29, 0.717) is 8.59 Å². The summed E-state index contributed by atoms with van der Waals surface area (Å²) in [6.45, 7) is 17.0. The number of rotatable bonds is 7. The summed E-state index contributed by atoms with van der Waals surface area (Å²) < 4.78 is 0.582. The predicted octanol–water partition coefficient (Wildman–Crippen LogP) is 9.39. The van der Waals surface area contributed by atoms with Crippen molar-refractivity contribution in [1.82, 2.24) is 0 Å². The molecule has 0 spiro atoms. The summed E-state index contributed by atoms with van der Waals surface area (Å²) in [6.07, 6.45) is 12.8. The van der Waals surface area contributed by atoms with Gasteiger partial charge in [0.15, 0.2) is 0 Å². The standard InChI is InChI=1S/C24H27.C10H15.Hf/c1-3-24(4-2)16-21-14-20-13-12-19(23(20)15-22(21)17-24)11-10-18-8-6-5-7-9-18;1-6-7(2)9(4)10(5)8(6)3;/h5-9,12-15H,3-4,10-11,16-17H2,1-2H3;1-5H3;. The quantitative estimate of drug-likeness (QED) is 0.268. The van der Waals surface area contributed by atoms with Gasteiger partial charge < -0.3 is 0 Å². The Bertz CT molecular complexity index is 1210. The third-order valence-electron chi connectivity index (χ3n) is 10.3. The topological polar surface area (TPSA) is 0 Å². The normalized spacial score (nSPS) is 23.7. The van der Waals surface area contributed by atoms with E-state index in [1.807, 2.05) is 0 Å². The van der Waals surface area contributed by atoms with E-state index in [0.717, 1.165) is 0 Å². The second kappa shape index (κ2) is 9.13. The zero-order valence-corrected chi connectivity index (χ0v) is 26.5. The summed E-state index contributed by atoms with van der Waals surface area (Å²) >= 11 is -1.27. The van der Waals surface area contributed by atoms with Gasteiger partial charge in [0.25, 0.3) is 0 Å². The molecule has 3 aliphatic rings. The zero-order chi connectivity index (χ0) is 25.0. The number of hydrogen-bond donors (Lipinski definition) is 0. The molecule has 2 aromatic carbocycles. The molecule has 0 bridgehead atoms. The molecule has 0 nitrogen and oxygen atoms in total. The maximum atomic E-state index is 2.70. The molecule has 1 heteroatoms. The van der Waals surface area contributed by atoms with Gasteiger partial charge in [0.1, 0.15) is 0 Å². The molecule has 0 fully saturated rings. The van der Waals surface area contributed by atoms with Crippen molar-refractivity contribution in [3.8, 4) is 0 Å². The van der Waals surface area contributed by atoms with Crippen LogP contribution in [0.5, 0.6) is 0 Å². The van der Waals surface area contributed by atoms with Gasteiger partial charge in [0.2, 0.25) is 0 Å². The van der Waals surface area contributed by atoms with Crippen molar-refractivity contribution in [3.63, 3.8) is 0 Å². The van der Waals surface area contributed by atoms with E-state index < -0.39 is 22.9 Å². The Kier molecular flexibility index (Phi) is 6.57. The van der Waals surface area contributed by atoms with E-state index in [1.54, 1.807) is 39.0 Å². The van der Waals surface area contributed by atoms with Gasteiger partial charge in [-0.15, -0.1) is 0 Å². The second-order valence-electron chi connectivity index (χ2n) is 11.8. The Balaban J connectivity index is 1.58. The maximum absolute atomic E-state index is 2.70. The van der Waals surface area contributed by atoms with Gasteiger partial charge in [-0.3, -0.25) is 0 Å². The predicted molar refractivity (Wildman–Crippen MR) is 147 cm³/mol. The molecule has 2 aromatic rings. The van der Waals surface area contributed by atoms with Crippen molar-refractivity contribution in [3.05, 3.63) is 98.7 Å². The average Bonchev–Trinajstić information content (AvgIpc) is 3.46. The van der Waals surface area contributed by atoms with E-state index in [2.05, 4.69) is 103 Å². The van der Waals surface area contributed by atoms with Crippen molar-refractivity contribution in [2.24, 2.45) is 5.41 Å². The molecule has 0 N–H and O–H groups in total. The molecule has 5 rings (SSSR count). The number of hydrogen-bond acceptors (Lipinski definition) is 0. The summed E-state index contributed by atoms with van der Waals surface area (Å²) in [5.74, 6) is 0. The molecule has 0 saturated heterocycles. The molecule has 0 heterocycles. The Morgan fingerprint density at radius 3 is 2.03 bits per heavy atom. The minimum atomic E-state index is -1.27. The molecule has 0 radical (unpaired) electrons.